The van der Waals surface area contributed by atoms with Crippen LogP contribution >= 0.6 is 0 Å². The molecular formula is C21H30N4O3. The maximum absolute atomic E-state index is 12.9. The Kier molecular flexibility index (Phi) is 5.51. The number of hydrogen-bond donors (Lipinski definition) is 1. The molecule has 1 aromatic heterocycles. The van der Waals surface area contributed by atoms with Crippen molar-refractivity contribution in [2.75, 3.05) is 13.1 Å². The summed E-state index contributed by atoms with van der Waals surface area (Å²) in [4.78, 5) is 49.0. The Morgan fingerprint density at radius 2 is 1.79 bits per heavy atom. The third-order valence-electron chi connectivity index (χ3n) is 6.58. The second-order valence-corrected chi connectivity index (χ2v) is 8.45. The maximum atomic E-state index is 12.9. The Morgan fingerprint density at radius 1 is 1.04 bits per heavy atom. The molecule has 1 saturated carbocycles. The molecule has 1 saturated heterocycles. The molecule has 0 spiro atoms. The largest absolute Gasteiger partial charge is 0.337 e. The van der Waals surface area contributed by atoms with Crippen molar-refractivity contribution < 1.29 is 9.59 Å². The van der Waals surface area contributed by atoms with Crippen LogP contribution in [0.4, 0.5) is 0 Å². The number of rotatable bonds is 2. The van der Waals surface area contributed by atoms with Crippen molar-refractivity contribution in [3.63, 3.8) is 0 Å². The zero-order valence-electron chi connectivity index (χ0n) is 16.7. The van der Waals surface area contributed by atoms with Gasteiger partial charge in [0, 0.05) is 32.4 Å². The van der Waals surface area contributed by atoms with E-state index in [0.29, 0.717) is 37.4 Å². The molecule has 1 aromatic rings. The molecule has 0 aromatic carbocycles. The lowest BCUT2D eigenvalue weighted by Gasteiger charge is -2.35. The molecule has 1 aliphatic carbocycles. The van der Waals surface area contributed by atoms with Crippen LogP contribution in [0.15, 0.2) is 4.79 Å². The number of amides is 2. The van der Waals surface area contributed by atoms with Gasteiger partial charge in [0.05, 0.1) is 23.8 Å². The van der Waals surface area contributed by atoms with Gasteiger partial charge in [0.2, 0.25) is 11.8 Å². The number of aromatic amines is 1. The molecule has 4 rings (SSSR count). The standard InChI is InChI=1S/C21H30N4O3/c1-14(26)25-11-6-5-9-18(25)19-22-17-10-12-24(13-16(17)20(27)23-19)21(28)15-7-3-2-4-8-15/h15,18H,2-13H2,1H3,(H,22,23,27)/t18-/m0/s1. The lowest BCUT2D eigenvalue weighted by molar-refractivity contribution is -0.137. The predicted molar refractivity (Wildman–Crippen MR) is 105 cm³/mol. The van der Waals surface area contributed by atoms with E-state index in [9.17, 15) is 14.4 Å². The van der Waals surface area contributed by atoms with Crippen molar-refractivity contribution >= 4 is 11.8 Å². The van der Waals surface area contributed by atoms with E-state index in [0.717, 1.165) is 50.6 Å². The van der Waals surface area contributed by atoms with Gasteiger partial charge in [-0.2, -0.15) is 0 Å². The van der Waals surface area contributed by atoms with Crippen molar-refractivity contribution in [3.8, 4) is 0 Å². The number of aromatic nitrogens is 2. The first-order valence-corrected chi connectivity index (χ1v) is 10.7. The number of nitrogens with zero attached hydrogens (tertiary/aromatic N) is 3. The summed E-state index contributed by atoms with van der Waals surface area (Å²) < 4.78 is 0. The van der Waals surface area contributed by atoms with Crippen molar-refractivity contribution in [1.29, 1.82) is 0 Å². The molecule has 28 heavy (non-hydrogen) atoms. The number of carbonyl (C=O) groups excluding carboxylic acids is 2. The summed E-state index contributed by atoms with van der Waals surface area (Å²) in [6, 6.07) is -0.147. The zero-order valence-corrected chi connectivity index (χ0v) is 16.7. The molecule has 1 N–H and O–H groups in total. The molecule has 0 unspecified atom stereocenters. The molecule has 0 bridgehead atoms. The van der Waals surface area contributed by atoms with Crippen LogP contribution in [0.25, 0.3) is 0 Å². The molecule has 7 heteroatoms. The number of H-pyrrole nitrogens is 1. The van der Waals surface area contributed by atoms with Gasteiger partial charge >= 0.3 is 0 Å². The van der Waals surface area contributed by atoms with Gasteiger partial charge in [-0.1, -0.05) is 19.3 Å². The topological polar surface area (TPSA) is 86.4 Å². The van der Waals surface area contributed by atoms with Crippen molar-refractivity contribution in [1.82, 2.24) is 19.8 Å². The third kappa shape index (κ3) is 3.71. The van der Waals surface area contributed by atoms with Crippen LogP contribution in [0.1, 0.15) is 81.4 Å². The predicted octanol–water partition coefficient (Wildman–Crippen LogP) is 2.31. The van der Waals surface area contributed by atoms with Gasteiger partial charge in [-0.3, -0.25) is 14.4 Å². The second-order valence-electron chi connectivity index (χ2n) is 8.45. The molecule has 2 fully saturated rings. The number of likely N-dealkylation sites (tertiary alicyclic amines) is 1. The highest BCUT2D eigenvalue weighted by Gasteiger charge is 2.32. The first kappa shape index (κ1) is 19.2. The monoisotopic (exact) mass is 386 g/mol. The molecule has 1 atom stereocenters. The average molecular weight is 386 g/mol. The summed E-state index contributed by atoms with van der Waals surface area (Å²) >= 11 is 0. The minimum Gasteiger partial charge on any atom is -0.337 e. The summed E-state index contributed by atoms with van der Waals surface area (Å²) in [5.74, 6) is 0.942. The molecule has 2 aliphatic heterocycles. The first-order chi connectivity index (χ1) is 13.5. The third-order valence-corrected chi connectivity index (χ3v) is 6.58. The van der Waals surface area contributed by atoms with Crippen LogP contribution in [0.2, 0.25) is 0 Å². The van der Waals surface area contributed by atoms with Crippen LogP contribution in [0.5, 0.6) is 0 Å². The van der Waals surface area contributed by atoms with Gasteiger partial charge in [-0.15, -0.1) is 0 Å². The molecule has 0 radical (unpaired) electrons. The zero-order chi connectivity index (χ0) is 19.7. The maximum Gasteiger partial charge on any atom is 0.256 e. The van der Waals surface area contributed by atoms with E-state index >= 15 is 0 Å². The normalized spacial score (nSPS) is 23.4. The SMILES string of the molecule is CC(=O)N1CCCC[C@H]1c1nc2c(c(=O)[nH]1)CN(C(=O)C1CCCCC1)CC2. The van der Waals surface area contributed by atoms with Crippen LogP contribution in [0, 0.1) is 5.92 Å². The Hall–Kier alpha value is -2.18. The second kappa shape index (κ2) is 8.05. The highest BCUT2D eigenvalue weighted by atomic mass is 16.2. The highest BCUT2D eigenvalue weighted by molar-refractivity contribution is 5.79. The van der Waals surface area contributed by atoms with Crippen LogP contribution < -0.4 is 5.56 Å². The number of carbonyl (C=O) groups is 2. The lowest BCUT2D eigenvalue weighted by Crippen LogP contribution is -2.44. The van der Waals surface area contributed by atoms with Crippen LogP contribution in [-0.2, 0) is 22.6 Å². The van der Waals surface area contributed by atoms with E-state index in [4.69, 9.17) is 4.98 Å². The smallest absolute Gasteiger partial charge is 0.256 e. The summed E-state index contributed by atoms with van der Waals surface area (Å²) in [6.07, 6.45) is 8.86. The quantitative estimate of drug-likeness (QED) is 0.845. The number of fused-ring (bicyclic) bond motifs is 1. The summed E-state index contributed by atoms with van der Waals surface area (Å²) in [5.41, 5.74) is 1.25. The minimum atomic E-state index is -0.157. The Bertz CT molecular complexity index is 812. The van der Waals surface area contributed by atoms with E-state index in [1.54, 1.807) is 6.92 Å². The van der Waals surface area contributed by atoms with Crippen molar-refractivity contribution in [2.24, 2.45) is 5.92 Å². The van der Waals surface area contributed by atoms with Gasteiger partial charge in [-0.05, 0) is 32.1 Å². The fourth-order valence-electron chi connectivity index (χ4n) is 4.99. The fraction of sp³-hybridized carbons (Fsp3) is 0.714. The summed E-state index contributed by atoms with van der Waals surface area (Å²) in [6.45, 7) is 3.27. The Labute approximate surface area is 165 Å². The molecule has 2 amide bonds. The van der Waals surface area contributed by atoms with E-state index < -0.39 is 0 Å². The number of nitrogens with one attached hydrogen (secondary N) is 1. The first-order valence-electron chi connectivity index (χ1n) is 10.7. The molecule has 7 nitrogen and oxygen atoms in total. The minimum absolute atomic E-state index is 0.0225. The summed E-state index contributed by atoms with van der Waals surface area (Å²) in [7, 11) is 0. The Balaban J connectivity index is 1.54. The Morgan fingerprint density at radius 3 is 2.54 bits per heavy atom. The fourth-order valence-corrected chi connectivity index (χ4v) is 4.99. The van der Waals surface area contributed by atoms with Gasteiger partial charge in [-0.25, -0.2) is 4.98 Å². The molecule has 3 heterocycles. The van der Waals surface area contributed by atoms with Gasteiger partial charge < -0.3 is 14.8 Å². The molecule has 152 valence electrons. The highest BCUT2D eigenvalue weighted by Crippen LogP contribution is 2.30. The number of hydrogen-bond acceptors (Lipinski definition) is 4. The van der Waals surface area contributed by atoms with E-state index in [-0.39, 0.29) is 29.3 Å². The van der Waals surface area contributed by atoms with E-state index in [2.05, 4.69) is 4.98 Å². The van der Waals surface area contributed by atoms with Crippen LogP contribution in [0.3, 0.4) is 0 Å². The van der Waals surface area contributed by atoms with E-state index in [1.807, 2.05) is 9.80 Å². The molecular weight excluding hydrogens is 356 g/mol. The summed E-state index contributed by atoms with van der Waals surface area (Å²) in [5, 5.41) is 0. The van der Waals surface area contributed by atoms with Gasteiger partial charge in [0.15, 0.2) is 0 Å². The van der Waals surface area contributed by atoms with Crippen molar-refractivity contribution in [2.45, 2.75) is 77.3 Å². The number of piperidine rings is 1. The molecule has 3 aliphatic rings. The lowest BCUT2D eigenvalue weighted by atomic mass is 9.88. The van der Waals surface area contributed by atoms with Gasteiger partial charge in [0.1, 0.15) is 5.82 Å². The van der Waals surface area contributed by atoms with Gasteiger partial charge in [0.25, 0.3) is 5.56 Å². The van der Waals surface area contributed by atoms with Crippen molar-refractivity contribution in [3.05, 3.63) is 27.4 Å². The van der Waals surface area contributed by atoms with Crippen LogP contribution in [-0.4, -0.2) is 44.7 Å². The van der Waals surface area contributed by atoms with E-state index in [1.165, 1.54) is 6.42 Å². The average Bonchev–Trinajstić information content (AvgIpc) is 2.73.